The van der Waals surface area contributed by atoms with Crippen molar-refractivity contribution in [2.24, 2.45) is 0 Å². The Labute approximate surface area is 123 Å². The van der Waals surface area contributed by atoms with Crippen molar-refractivity contribution in [3.05, 3.63) is 49.1 Å². The Morgan fingerprint density at radius 2 is 2.17 bits per heavy atom. The molecule has 0 bridgehead atoms. The summed E-state index contributed by atoms with van der Waals surface area (Å²) in [6.07, 6.45) is 0. The predicted octanol–water partition coefficient (Wildman–Crippen LogP) is 4.54. The topological polar surface area (TPSA) is 29.5 Å². The first-order valence-corrected chi connectivity index (χ1v) is 7.36. The first kappa shape index (κ1) is 13.9. The van der Waals surface area contributed by atoms with Gasteiger partial charge < -0.3 is 9.84 Å². The summed E-state index contributed by atoms with van der Waals surface area (Å²) in [7, 11) is 0. The molecule has 1 aromatic heterocycles. The highest BCUT2D eigenvalue weighted by Crippen LogP contribution is 2.30. The number of ether oxygens (including phenoxy) is 1. The van der Waals surface area contributed by atoms with Gasteiger partial charge in [0.25, 0.3) is 0 Å². The van der Waals surface area contributed by atoms with Crippen LogP contribution in [0.2, 0.25) is 4.34 Å². The lowest BCUT2D eigenvalue weighted by Gasteiger charge is -2.13. The quantitative estimate of drug-likeness (QED) is 0.879. The lowest BCUT2D eigenvalue weighted by molar-refractivity contribution is 0.259. The Hall–Kier alpha value is -0.550. The second-order valence-electron chi connectivity index (χ2n) is 3.86. The van der Waals surface area contributed by atoms with Crippen LogP contribution >= 0.6 is 38.9 Å². The van der Waals surface area contributed by atoms with Crippen LogP contribution in [0.4, 0.5) is 0 Å². The van der Waals surface area contributed by atoms with Gasteiger partial charge in [-0.1, -0.05) is 27.5 Å². The predicted molar refractivity (Wildman–Crippen MR) is 78.5 cm³/mol. The number of aryl methyl sites for hydroxylation is 1. The van der Waals surface area contributed by atoms with Crippen molar-refractivity contribution in [1.82, 2.24) is 0 Å². The van der Waals surface area contributed by atoms with Crippen molar-refractivity contribution in [2.75, 3.05) is 0 Å². The van der Waals surface area contributed by atoms with E-state index in [0.29, 0.717) is 6.61 Å². The monoisotopic (exact) mass is 346 g/mol. The number of thiophene rings is 1. The molecule has 0 unspecified atom stereocenters. The lowest BCUT2D eigenvalue weighted by Crippen LogP contribution is -1.99. The van der Waals surface area contributed by atoms with E-state index >= 15 is 0 Å². The maximum absolute atomic E-state index is 9.35. The number of hydrogen-bond donors (Lipinski definition) is 1. The van der Waals surface area contributed by atoms with E-state index in [1.807, 2.05) is 31.2 Å². The van der Waals surface area contributed by atoms with Crippen LogP contribution in [0.1, 0.15) is 16.0 Å². The minimum atomic E-state index is -0.0409. The maximum atomic E-state index is 9.35. The van der Waals surface area contributed by atoms with Crippen molar-refractivity contribution in [3.63, 3.8) is 0 Å². The highest BCUT2D eigenvalue weighted by atomic mass is 79.9. The van der Waals surface area contributed by atoms with E-state index < -0.39 is 0 Å². The summed E-state index contributed by atoms with van der Waals surface area (Å²) in [6.45, 7) is 2.38. The van der Waals surface area contributed by atoms with Crippen molar-refractivity contribution in [1.29, 1.82) is 0 Å². The van der Waals surface area contributed by atoms with E-state index in [0.717, 1.165) is 30.6 Å². The molecule has 0 saturated heterocycles. The molecule has 0 amide bonds. The number of aliphatic hydroxyl groups is 1. The van der Waals surface area contributed by atoms with Gasteiger partial charge in [0, 0.05) is 14.9 Å². The molecule has 5 heteroatoms. The third-order valence-electron chi connectivity index (χ3n) is 2.47. The van der Waals surface area contributed by atoms with Crippen LogP contribution in [-0.2, 0) is 13.2 Å². The summed E-state index contributed by atoms with van der Waals surface area (Å²) >= 11 is 10.8. The van der Waals surface area contributed by atoms with E-state index in [2.05, 4.69) is 15.9 Å². The van der Waals surface area contributed by atoms with Gasteiger partial charge in [0.1, 0.15) is 12.4 Å². The van der Waals surface area contributed by atoms with E-state index in [1.165, 1.54) is 11.3 Å². The van der Waals surface area contributed by atoms with Crippen LogP contribution in [0.25, 0.3) is 0 Å². The third-order valence-corrected chi connectivity index (χ3v) is 4.14. The van der Waals surface area contributed by atoms with Gasteiger partial charge >= 0.3 is 0 Å². The highest BCUT2D eigenvalue weighted by Gasteiger charge is 2.09. The van der Waals surface area contributed by atoms with E-state index in [-0.39, 0.29) is 6.61 Å². The maximum Gasteiger partial charge on any atom is 0.128 e. The van der Waals surface area contributed by atoms with Crippen LogP contribution < -0.4 is 4.74 Å². The van der Waals surface area contributed by atoms with Crippen LogP contribution in [0.15, 0.2) is 28.7 Å². The Morgan fingerprint density at radius 1 is 1.39 bits per heavy atom. The summed E-state index contributed by atoms with van der Waals surface area (Å²) in [5, 5.41) is 9.35. The fraction of sp³-hybridized carbons (Fsp3) is 0.231. The SMILES string of the molecule is Cc1cc(Br)cc(CO)c1OCc1ccc(Cl)s1. The zero-order valence-electron chi connectivity index (χ0n) is 9.74. The van der Waals surface area contributed by atoms with Crippen molar-refractivity contribution >= 4 is 38.9 Å². The molecule has 0 aliphatic rings. The first-order valence-electron chi connectivity index (χ1n) is 5.37. The molecule has 2 rings (SSSR count). The Morgan fingerprint density at radius 3 is 2.78 bits per heavy atom. The Kier molecular flexibility index (Phi) is 4.67. The minimum absolute atomic E-state index is 0.0409. The first-order chi connectivity index (χ1) is 8.60. The smallest absolute Gasteiger partial charge is 0.128 e. The molecule has 1 N–H and O–H groups in total. The van der Waals surface area contributed by atoms with Gasteiger partial charge in [0.05, 0.1) is 10.9 Å². The van der Waals surface area contributed by atoms with Crippen molar-refractivity contribution < 1.29 is 9.84 Å². The number of benzene rings is 1. The van der Waals surface area contributed by atoms with Crippen molar-refractivity contribution in [2.45, 2.75) is 20.1 Å². The molecule has 1 aromatic carbocycles. The Balaban J connectivity index is 2.18. The molecular formula is C13H12BrClO2S. The van der Waals surface area contributed by atoms with Gasteiger partial charge in [-0.3, -0.25) is 0 Å². The fourth-order valence-corrected chi connectivity index (χ4v) is 3.32. The van der Waals surface area contributed by atoms with Gasteiger partial charge in [0.2, 0.25) is 0 Å². The molecule has 0 spiro atoms. The average Bonchev–Trinajstić information content (AvgIpc) is 2.73. The Bertz CT molecular complexity index is 554. The van der Waals surface area contributed by atoms with Crippen LogP contribution in [-0.4, -0.2) is 5.11 Å². The number of aliphatic hydroxyl groups excluding tert-OH is 1. The molecule has 18 heavy (non-hydrogen) atoms. The van der Waals surface area contributed by atoms with Gasteiger partial charge in [-0.15, -0.1) is 11.3 Å². The van der Waals surface area contributed by atoms with Gasteiger partial charge in [-0.05, 0) is 36.8 Å². The molecule has 0 aliphatic carbocycles. The number of halogens is 2. The lowest BCUT2D eigenvalue weighted by atomic mass is 10.1. The van der Waals surface area contributed by atoms with Gasteiger partial charge in [-0.25, -0.2) is 0 Å². The second-order valence-corrected chi connectivity index (χ2v) is 6.58. The average molecular weight is 348 g/mol. The summed E-state index contributed by atoms with van der Waals surface area (Å²) < 4.78 is 7.48. The van der Waals surface area contributed by atoms with Crippen molar-refractivity contribution in [3.8, 4) is 5.75 Å². The molecule has 0 aliphatic heterocycles. The standard InChI is InChI=1S/C13H12BrClO2S/c1-8-4-10(14)5-9(6-16)13(8)17-7-11-2-3-12(15)18-11/h2-5,16H,6-7H2,1H3. The van der Waals surface area contributed by atoms with E-state index in [9.17, 15) is 5.11 Å². The van der Waals surface area contributed by atoms with Gasteiger partial charge in [0.15, 0.2) is 0 Å². The summed E-state index contributed by atoms with van der Waals surface area (Å²) in [5.74, 6) is 0.741. The molecule has 1 heterocycles. The molecule has 96 valence electrons. The zero-order valence-corrected chi connectivity index (χ0v) is 12.9. The fourth-order valence-electron chi connectivity index (χ4n) is 1.70. The van der Waals surface area contributed by atoms with Gasteiger partial charge in [-0.2, -0.15) is 0 Å². The minimum Gasteiger partial charge on any atom is -0.487 e. The largest absolute Gasteiger partial charge is 0.487 e. The number of hydrogen-bond acceptors (Lipinski definition) is 3. The second kappa shape index (κ2) is 6.06. The summed E-state index contributed by atoms with van der Waals surface area (Å²) in [4.78, 5) is 1.06. The van der Waals surface area contributed by atoms with E-state index in [1.54, 1.807) is 0 Å². The normalized spacial score (nSPS) is 10.7. The molecule has 0 radical (unpaired) electrons. The molecule has 0 saturated carbocycles. The summed E-state index contributed by atoms with van der Waals surface area (Å²) in [5.41, 5.74) is 1.78. The zero-order chi connectivity index (χ0) is 13.1. The molecule has 2 nitrogen and oxygen atoms in total. The molecular weight excluding hydrogens is 336 g/mol. The molecule has 0 fully saturated rings. The highest BCUT2D eigenvalue weighted by molar-refractivity contribution is 9.10. The molecule has 2 aromatic rings. The third kappa shape index (κ3) is 3.26. The van der Waals surface area contributed by atoms with Crippen LogP contribution in [0.5, 0.6) is 5.75 Å². The number of rotatable bonds is 4. The molecule has 0 atom stereocenters. The van der Waals surface area contributed by atoms with E-state index in [4.69, 9.17) is 16.3 Å². The van der Waals surface area contributed by atoms with Crippen LogP contribution in [0, 0.1) is 6.92 Å². The summed E-state index contributed by atoms with van der Waals surface area (Å²) in [6, 6.07) is 7.63. The van der Waals surface area contributed by atoms with Crippen LogP contribution in [0.3, 0.4) is 0 Å².